The van der Waals surface area contributed by atoms with Crippen LogP contribution < -0.4 is 14.2 Å². The predicted molar refractivity (Wildman–Crippen MR) is 94.1 cm³/mol. The summed E-state index contributed by atoms with van der Waals surface area (Å²) in [6.45, 7) is 0.763. The fourth-order valence-electron chi connectivity index (χ4n) is 2.11. The van der Waals surface area contributed by atoms with Gasteiger partial charge < -0.3 is 19.3 Å². The van der Waals surface area contributed by atoms with Gasteiger partial charge in [0.15, 0.2) is 11.5 Å². The molecule has 0 bridgehead atoms. The Bertz CT molecular complexity index is 687. The van der Waals surface area contributed by atoms with Gasteiger partial charge in [-0.1, -0.05) is 18.2 Å². The van der Waals surface area contributed by atoms with Gasteiger partial charge in [0.1, 0.15) is 19.0 Å². The van der Waals surface area contributed by atoms with Gasteiger partial charge in [-0.2, -0.15) is 0 Å². The number of benzene rings is 2. The summed E-state index contributed by atoms with van der Waals surface area (Å²) in [7, 11) is 1.60. The minimum atomic E-state index is -0.806. The predicted octanol–water partition coefficient (Wildman–Crippen LogP) is 3.93. The zero-order chi connectivity index (χ0) is 17.4. The van der Waals surface area contributed by atoms with Crippen molar-refractivity contribution >= 4 is 21.9 Å². The summed E-state index contributed by atoms with van der Waals surface area (Å²) in [5.41, 5.74) is 0.946. The lowest BCUT2D eigenvalue weighted by Gasteiger charge is -2.12. The lowest BCUT2D eigenvalue weighted by atomic mass is 10.1. The molecule has 5 nitrogen and oxygen atoms in total. The standard InChI is InChI=1S/C18H19BrO5/c1-22-16-4-2-3-5-17(16)24-11-10-23-15-8-6-13(12-14(15)19)7-9-18(20)21/h2-6,8,12H,7,9-11H2,1H3,(H,20,21). The van der Waals surface area contributed by atoms with E-state index in [1.807, 2.05) is 42.5 Å². The van der Waals surface area contributed by atoms with E-state index in [2.05, 4.69) is 15.9 Å². The zero-order valence-corrected chi connectivity index (χ0v) is 14.9. The Morgan fingerprint density at radius 3 is 2.33 bits per heavy atom. The summed E-state index contributed by atoms with van der Waals surface area (Å²) in [6, 6.07) is 13.0. The molecule has 0 saturated heterocycles. The van der Waals surface area contributed by atoms with Crippen molar-refractivity contribution in [2.75, 3.05) is 20.3 Å². The molecule has 0 amide bonds. The van der Waals surface area contributed by atoms with E-state index in [1.54, 1.807) is 7.11 Å². The van der Waals surface area contributed by atoms with Crippen LogP contribution in [0.1, 0.15) is 12.0 Å². The average molecular weight is 395 g/mol. The third kappa shape index (κ3) is 5.45. The molecule has 0 unspecified atom stereocenters. The van der Waals surface area contributed by atoms with E-state index in [9.17, 15) is 4.79 Å². The van der Waals surface area contributed by atoms with Crippen LogP contribution in [0.4, 0.5) is 0 Å². The number of carboxylic acid groups (broad SMARTS) is 1. The van der Waals surface area contributed by atoms with Crippen molar-refractivity contribution in [3.63, 3.8) is 0 Å². The van der Waals surface area contributed by atoms with Gasteiger partial charge in [0.25, 0.3) is 0 Å². The molecular formula is C18H19BrO5. The van der Waals surface area contributed by atoms with Crippen LogP contribution in [0.2, 0.25) is 0 Å². The molecule has 2 aromatic carbocycles. The van der Waals surface area contributed by atoms with Gasteiger partial charge in [-0.15, -0.1) is 0 Å². The SMILES string of the molecule is COc1ccccc1OCCOc1ccc(CCC(=O)O)cc1Br. The first-order valence-corrected chi connectivity index (χ1v) is 8.28. The van der Waals surface area contributed by atoms with Crippen molar-refractivity contribution in [3.05, 3.63) is 52.5 Å². The molecule has 0 aliphatic rings. The van der Waals surface area contributed by atoms with E-state index < -0.39 is 5.97 Å². The summed E-state index contributed by atoms with van der Waals surface area (Å²) < 4.78 is 17.3. The molecule has 6 heteroatoms. The first-order valence-electron chi connectivity index (χ1n) is 7.49. The van der Waals surface area contributed by atoms with Crippen molar-refractivity contribution in [3.8, 4) is 17.2 Å². The second-order valence-electron chi connectivity index (χ2n) is 5.01. The van der Waals surface area contributed by atoms with Crippen molar-refractivity contribution in [2.24, 2.45) is 0 Å². The van der Waals surface area contributed by atoms with Gasteiger partial charge in [0.05, 0.1) is 11.6 Å². The van der Waals surface area contributed by atoms with Crippen molar-refractivity contribution < 1.29 is 24.1 Å². The maximum Gasteiger partial charge on any atom is 0.303 e. The summed E-state index contributed by atoms with van der Waals surface area (Å²) in [4.78, 5) is 10.6. The number of ether oxygens (including phenoxy) is 3. The molecule has 2 rings (SSSR count). The Morgan fingerprint density at radius 1 is 1.04 bits per heavy atom. The number of halogens is 1. The van der Waals surface area contributed by atoms with E-state index in [-0.39, 0.29) is 6.42 Å². The molecule has 0 atom stereocenters. The monoisotopic (exact) mass is 394 g/mol. The molecule has 24 heavy (non-hydrogen) atoms. The van der Waals surface area contributed by atoms with Crippen molar-refractivity contribution in [2.45, 2.75) is 12.8 Å². The summed E-state index contributed by atoms with van der Waals surface area (Å²) in [5.74, 6) is 1.24. The quantitative estimate of drug-likeness (QED) is 0.652. The topological polar surface area (TPSA) is 65.0 Å². The van der Waals surface area contributed by atoms with Gasteiger partial charge in [0.2, 0.25) is 0 Å². The summed E-state index contributed by atoms with van der Waals surface area (Å²) in [5, 5.41) is 8.71. The Kier molecular flexibility index (Phi) is 6.93. The second-order valence-corrected chi connectivity index (χ2v) is 5.86. The van der Waals surface area contributed by atoms with Gasteiger partial charge in [-0.3, -0.25) is 4.79 Å². The number of aliphatic carboxylic acids is 1. The summed E-state index contributed by atoms with van der Waals surface area (Å²) in [6.07, 6.45) is 0.602. The Labute approximate surface area is 149 Å². The molecule has 0 saturated carbocycles. The van der Waals surface area contributed by atoms with E-state index in [1.165, 1.54) is 0 Å². The fraction of sp³-hybridized carbons (Fsp3) is 0.278. The number of carbonyl (C=O) groups is 1. The third-order valence-electron chi connectivity index (χ3n) is 3.29. The molecular weight excluding hydrogens is 376 g/mol. The molecule has 1 N–H and O–H groups in total. The van der Waals surface area contributed by atoms with Crippen LogP contribution >= 0.6 is 15.9 Å². The van der Waals surface area contributed by atoms with E-state index >= 15 is 0 Å². The molecule has 0 aliphatic heterocycles. The number of para-hydroxylation sites is 2. The van der Waals surface area contributed by atoms with Crippen LogP contribution in [0.5, 0.6) is 17.2 Å². The van der Waals surface area contributed by atoms with Gasteiger partial charge >= 0.3 is 5.97 Å². The molecule has 0 fully saturated rings. The largest absolute Gasteiger partial charge is 0.493 e. The number of carboxylic acids is 1. The van der Waals surface area contributed by atoms with Crippen LogP contribution in [-0.2, 0) is 11.2 Å². The highest BCUT2D eigenvalue weighted by atomic mass is 79.9. The molecule has 128 valence electrons. The van der Waals surface area contributed by atoms with Crippen LogP contribution in [0.3, 0.4) is 0 Å². The molecule has 0 aromatic heterocycles. The van der Waals surface area contributed by atoms with Crippen molar-refractivity contribution in [1.82, 2.24) is 0 Å². The number of methoxy groups -OCH3 is 1. The van der Waals surface area contributed by atoms with Gasteiger partial charge in [0, 0.05) is 6.42 Å². The van der Waals surface area contributed by atoms with Crippen LogP contribution in [-0.4, -0.2) is 31.4 Å². The zero-order valence-electron chi connectivity index (χ0n) is 13.3. The average Bonchev–Trinajstić information content (AvgIpc) is 2.58. The normalized spacial score (nSPS) is 10.2. The fourth-order valence-corrected chi connectivity index (χ4v) is 2.65. The number of hydrogen-bond acceptors (Lipinski definition) is 4. The second kappa shape index (κ2) is 9.17. The van der Waals surface area contributed by atoms with E-state index in [4.69, 9.17) is 19.3 Å². The molecule has 2 aromatic rings. The minimum Gasteiger partial charge on any atom is -0.493 e. The highest BCUT2D eigenvalue weighted by Gasteiger charge is 2.06. The molecule has 0 spiro atoms. The van der Waals surface area contributed by atoms with Gasteiger partial charge in [-0.05, 0) is 52.2 Å². The summed E-state index contributed by atoms with van der Waals surface area (Å²) >= 11 is 3.44. The molecule has 0 radical (unpaired) electrons. The highest BCUT2D eigenvalue weighted by molar-refractivity contribution is 9.10. The van der Waals surface area contributed by atoms with E-state index in [0.717, 1.165) is 10.0 Å². The van der Waals surface area contributed by atoms with Crippen LogP contribution in [0.25, 0.3) is 0 Å². The smallest absolute Gasteiger partial charge is 0.303 e. The maximum atomic E-state index is 10.6. The first kappa shape index (κ1) is 18.1. The highest BCUT2D eigenvalue weighted by Crippen LogP contribution is 2.27. The first-order chi connectivity index (χ1) is 11.6. The number of rotatable bonds is 9. The lowest BCUT2D eigenvalue weighted by molar-refractivity contribution is -0.136. The van der Waals surface area contributed by atoms with Gasteiger partial charge in [-0.25, -0.2) is 0 Å². The van der Waals surface area contributed by atoms with Crippen molar-refractivity contribution in [1.29, 1.82) is 0 Å². The maximum absolute atomic E-state index is 10.6. The third-order valence-corrected chi connectivity index (χ3v) is 3.91. The number of hydrogen-bond donors (Lipinski definition) is 1. The van der Waals surface area contributed by atoms with Crippen LogP contribution in [0.15, 0.2) is 46.9 Å². The molecule has 0 heterocycles. The Balaban J connectivity index is 1.83. The lowest BCUT2D eigenvalue weighted by Crippen LogP contribution is -2.10. The van der Waals surface area contributed by atoms with Crippen LogP contribution in [0, 0.1) is 0 Å². The number of aryl methyl sites for hydroxylation is 1. The molecule has 0 aliphatic carbocycles. The minimum absolute atomic E-state index is 0.111. The Morgan fingerprint density at radius 2 is 1.71 bits per heavy atom. The Hall–Kier alpha value is -2.21. The van der Waals surface area contributed by atoms with E-state index in [0.29, 0.717) is 36.9 Å².